The van der Waals surface area contributed by atoms with Gasteiger partial charge in [0.15, 0.2) is 11.6 Å². The lowest BCUT2D eigenvalue weighted by Crippen LogP contribution is -2.62. The maximum atomic E-state index is 14.2. The zero-order valence-corrected chi connectivity index (χ0v) is 31.1. The standard InChI is InChI=1S/C39H53N3O7S/c1-24-17-34-37(46-23-29-12-14-30(45-6)15-13-29)35(19-32(43)26(3)16-25(2)22-41-42-40)49-39(20-24,48-34)21-33(44)36-27(4)18-28(5)38(47-36)50-31-10-8-7-9-11-31/h7-15,24-28,34-38H,16-23H2,1-6H3/t24-,25+,26-,27-,28+,34+,35+,36+,37+,38+,39-/m1/s1. The topological polar surface area (TPSA) is 129 Å². The highest BCUT2D eigenvalue weighted by molar-refractivity contribution is 7.99. The predicted molar refractivity (Wildman–Crippen MR) is 193 cm³/mol. The van der Waals surface area contributed by atoms with Gasteiger partial charge in [0.1, 0.15) is 29.2 Å². The molecule has 3 aliphatic heterocycles. The number of carbonyl (C=O) groups excluding carboxylic acids is 2. The summed E-state index contributed by atoms with van der Waals surface area (Å²) in [4.78, 5) is 32.0. The molecule has 3 heterocycles. The fourth-order valence-corrected chi connectivity index (χ4v) is 8.94. The number of carbonyl (C=O) groups is 2. The van der Waals surface area contributed by atoms with E-state index in [-0.39, 0.29) is 65.5 Å². The number of thioether (sulfide) groups is 1. The van der Waals surface area contributed by atoms with Crippen molar-refractivity contribution in [2.75, 3.05) is 13.7 Å². The Kier molecular flexibility index (Phi) is 13.4. The molecule has 0 aromatic heterocycles. The van der Waals surface area contributed by atoms with Gasteiger partial charge in [-0.15, -0.1) is 0 Å². The minimum Gasteiger partial charge on any atom is -0.497 e. The SMILES string of the molecule is COc1ccc(CO[C@@H]2[C@H](CC(=O)[C@H](C)C[C@H](C)CN=[N+]=[N-])O[C@@]3(CC(=O)[C@H]4O[C@@H](Sc5ccccc5)[C@@H](C)C[C@H]4C)C[C@H](C)C[C@@H]2O3)cc1. The number of Topliss-reactive ketones (excluding diaryl/α,β-unsaturated/α-hetero) is 2. The van der Waals surface area contributed by atoms with Crippen molar-refractivity contribution in [1.82, 2.24) is 0 Å². The zero-order chi connectivity index (χ0) is 35.8. The maximum absolute atomic E-state index is 14.2. The second-order valence-corrected chi connectivity index (χ2v) is 16.1. The van der Waals surface area contributed by atoms with Gasteiger partial charge >= 0.3 is 0 Å². The summed E-state index contributed by atoms with van der Waals surface area (Å²) in [5.41, 5.74) is 9.56. The Morgan fingerprint density at radius 3 is 2.48 bits per heavy atom. The van der Waals surface area contributed by atoms with Crippen molar-refractivity contribution in [1.29, 1.82) is 0 Å². The minimum absolute atomic E-state index is 0.0289. The average molecular weight is 708 g/mol. The maximum Gasteiger partial charge on any atom is 0.176 e. The largest absolute Gasteiger partial charge is 0.497 e. The third kappa shape index (κ3) is 9.90. The Morgan fingerprint density at radius 1 is 1.04 bits per heavy atom. The van der Waals surface area contributed by atoms with E-state index in [1.807, 2.05) is 56.3 Å². The van der Waals surface area contributed by atoms with E-state index >= 15 is 0 Å². The number of benzene rings is 2. The van der Waals surface area contributed by atoms with Crippen molar-refractivity contribution in [3.8, 4) is 5.75 Å². The summed E-state index contributed by atoms with van der Waals surface area (Å²) in [6, 6.07) is 17.9. The molecule has 3 aliphatic rings. The first kappa shape index (κ1) is 38.3. The van der Waals surface area contributed by atoms with E-state index < -0.39 is 24.1 Å². The molecule has 0 radical (unpaired) electrons. The number of fused-ring (bicyclic) bond motifs is 2. The molecule has 0 N–H and O–H groups in total. The third-order valence-electron chi connectivity index (χ3n) is 10.3. The number of ketones is 2. The highest BCUT2D eigenvalue weighted by Crippen LogP contribution is 2.46. The van der Waals surface area contributed by atoms with E-state index in [0.717, 1.165) is 29.1 Å². The number of hydrogen-bond acceptors (Lipinski definition) is 9. The highest BCUT2D eigenvalue weighted by Gasteiger charge is 2.55. The lowest BCUT2D eigenvalue weighted by molar-refractivity contribution is -0.375. The van der Waals surface area contributed by atoms with E-state index in [0.29, 0.717) is 26.0 Å². The third-order valence-corrected chi connectivity index (χ3v) is 11.6. The van der Waals surface area contributed by atoms with Crippen molar-refractivity contribution >= 4 is 23.3 Å². The van der Waals surface area contributed by atoms with Crippen LogP contribution in [0, 0.1) is 29.6 Å². The van der Waals surface area contributed by atoms with Crippen LogP contribution in [-0.4, -0.2) is 60.9 Å². The van der Waals surface area contributed by atoms with Crippen LogP contribution in [-0.2, 0) is 35.1 Å². The number of methoxy groups -OCH3 is 1. The number of azide groups is 1. The van der Waals surface area contributed by atoms with Crippen molar-refractivity contribution in [3.63, 3.8) is 0 Å². The van der Waals surface area contributed by atoms with Gasteiger partial charge in [0.2, 0.25) is 0 Å². The van der Waals surface area contributed by atoms with Crippen molar-refractivity contribution in [2.24, 2.45) is 34.7 Å². The quantitative estimate of drug-likeness (QED) is 0.0964. The van der Waals surface area contributed by atoms with Gasteiger partial charge in [-0.1, -0.05) is 81.8 Å². The van der Waals surface area contributed by atoms with Gasteiger partial charge in [-0.3, -0.25) is 9.59 Å². The van der Waals surface area contributed by atoms with Gasteiger partial charge in [0.05, 0.1) is 32.3 Å². The Morgan fingerprint density at radius 2 is 1.78 bits per heavy atom. The second-order valence-electron chi connectivity index (χ2n) is 14.9. The van der Waals surface area contributed by atoms with Crippen LogP contribution in [0.3, 0.4) is 0 Å². The van der Waals surface area contributed by atoms with Gasteiger partial charge in [-0.05, 0) is 78.3 Å². The van der Waals surface area contributed by atoms with Crippen LogP contribution >= 0.6 is 11.8 Å². The van der Waals surface area contributed by atoms with Crippen LogP contribution in [0.5, 0.6) is 5.75 Å². The zero-order valence-electron chi connectivity index (χ0n) is 30.2. The lowest BCUT2D eigenvalue weighted by atomic mass is 9.80. The van der Waals surface area contributed by atoms with Crippen molar-refractivity contribution < 1.29 is 33.3 Å². The molecule has 3 fully saturated rings. The van der Waals surface area contributed by atoms with Crippen LogP contribution < -0.4 is 4.74 Å². The molecule has 2 bridgehead atoms. The minimum atomic E-state index is -1.17. The first-order valence-corrected chi connectivity index (χ1v) is 18.9. The Labute approximate surface area is 300 Å². The lowest BCUT2D eigenvalue weighted by Gasteiger charge is -2.53. The van der Waals surface area contributed by atoms with Gasteiger partial charge in [0, 0.05) is 35.1 Å². The van der Waals surface area contributed by atoms with Crippen molar-refractivity contribution in [3.05, 3.63) is 70.6 Å². The molecular formula is C39H53N3O7S. The molecule has 2 aromatic carbocycles. The molecule has 3 saturated heterocycles. The smallest absolute Gasteiger partial charge is 0.176 e. The van der Waals surface area contributed by atoms with E-state index in [1.54, 1.807) is 18.9 Å². The summed E-state index contributed by atoms with van der Waals surface area (Å²) >= 11 is 1.66. The average Bonchev–Trinajstić information content (AvgIpc) is 3.08. The molecule has 10 nitrogen and oxygen atoms in total. The normalized spacial score (nSPS) is 32.0. The monoisotopic (exact) mass is 707 g/mol. The molecule has 0 unspecified atom stereocenters. The molecule has 0 saturated carbocycles. The number of rotatable bonds is 16. The first-order valence-electron chi connectivity index (χ1n) is 18.0. The Balaban J connectivity index is 1.34. The van der Waals surface area contributed by atoms with E-state index in [4.69, 9.17) is 29.2 Å². The van der Waals surface area contributed by atoms with Crippen LogP contribution in [0.1, 0.15) is 78.7 Å². The van der Waals surface area contributed by atoms with Gasteiger partial charge in [0.25, 0.3) is 0 Å². The summed E-state index contributed by atoms with van der Waals surface area (Å²) in [6.45, 7) is 11.0. The molecule has 11 atom stereocenters. The second kappa shape index (κ2) is 17.5. The highest BCUT2D eigenvalue weighted by atomic mass is 32.2. The fraction of sp³-hybridized carbons (Fsp3) is 0.641. The molecule has 2 aromatic rings. The number of hydrogen-bond donors (Lipinski definition) is 0. The molecular weight excluding hydrogens is 655 g/mol. The first-order chi connectivity index (χ1) is 24.0. The van der Waals surface area contributed by atoms with Crippen LogP contribution in [0.15, 0.2) is 64.6 Å². The fourth-order valence-electron chi connectivity index (χ4n) is 7.84. The van der Waals surface area contributed by atoms with Crippen LogP contribution in [0.4, 0.5) is 0 Å². The number of nitrogens with zero attached hydrogens (tertiary/aromatic N) is 3. The van der Waals surface area contributed by atoms with Crippen LogP contribution in [0.2, 0.25) is 0 Å². The number of ether oxygens (including phenoxy) is 5. The molecule has 0 spiro atoms. The van der Waals surface area contributed by atoms with Gasteiger partial charge < -0.3 is 23.7 Å². The van der Waals surface area contributed by atoms with E-state index in [2.05, 4.69) is 42.9 Å². The summed E-state index contributed by atoms with van der Waals surface area (Å²) in [5.74, 6) is -0.0302. The van der Waals surface area contributed by atoms with E-state index in [1.165, 1.54) is 0 Å². The molecule has 272 valence electrons. The summed E-state index contributed by atoms with van der Waals surface area (Å²) in [6.07, 6.45) is 0.920. The Hall–Kier alpha value is -2.92. The molecule has 11 heteroatoms. The van der Waals surface area contributed by atoms with Crippen LogP contribution in [0.25, 0.3) is 10.4 Å². The summed E-state index contributed by atoms with van der Waals surface area (Å²) < 4.78 is 32.0. The molecule has 0 aliphatic carbocycles. The van der Waals surface area contributed by atoms with Gasteiger partial charge in [-0.2, -0.15) is 0 Å². The Bertz CT molecular complexity index is 1470. The predicted octanol–water partition coefficient (Wildman–Crippen LogP) is 8.56. The molecule has 50 heavy (non-hydrogen) atoms. The van der Waals surface area contributed by atoms with Crippen molar-refractivity contribution in [2.45, 2.75) is 120 Å². The summed E-state index contributed by atoms with van der Waals surface area (Å²) in [7, 11) is 1.63. The van der Waals surface area contributed by atoms with E-state index in [9.17, 15) is 9.59 Å². The summed E-state index contributed by atoms with van der Waals surface area (Å²) in [5, 5.41) is 3.69. The molecule has 5 rings (SSSR count). The molecule has 0 amide bonds. The van der Waals surface area contributed by atoms with Gasteiger partial charge in [-0.25, -0.2) is 0 Å².